The maximum atomic E-state index is 13.2. The van der Waals surface area contributed by atoms with Gasteiger partial charge in [-0.2, -0.15) is 4.98 Å². The number of nitrogens with zero attached hydrogens (tertiary/aromatic N) is 3. The highest BCUT2D eigenvalue weighted by atomic mass is 16.5. The van der Waals surface area contributed by atoms with Gasteiger partial charge >= 0.3 is 0 Å². The number of H-pyrrole nitrogens is 1. The summed E-state index contributed by atoms with van der Waals surface area (Å²) in [6.45, 7) is 2.62. The van der Waals surface area contributed by atoms with Crippen LogP contribution in [0.2, 0.25) is 0 Å². The Bertz CT molecular complexity index is 1020. The largest absolute Gasteiger partial charge is 0.378 e. The highest BCUT2D eigenvalue weighted by Gasteiger charge is 2.30. The van der Waals surface area contributed by atoms with Gasteiger partial charge < -0.3 is 9.64 Å². The summed E-state index contributed by atoms with van der Waals surface area (Å²) in [6, 6.07) is 0. The highest BCUT2D eigenvalue weighted by Crippen LogP contribution is 2.38. The topological polar surface area (TPSA) is 88.2 Å². The molecule has 3 aliphatic rings. The van der Waals surface area contributed by atoms with E-state index in [4.69, 9.17) is 14.7 Å². The Hall–Kier alpha value is -2.54. The van der Waals surface area contributed by atoms with Gasteiger partial charge in [0.2, 0.25) is 5.95 Å². The zero-order chi connectivity index (χ0) is 19.1. The minimum Gasteiger partial charge on any atom is -0.378 e. The van der Waals surface area contributed by atoms with Crippen LogP contribution in [-0.2, 0) is 11.2 Å². The SMILES string of the molecule is O=C1CCCc2nc3nc(N4CCOCC4)[nH]c(=O)c3c([C@@H]3CC=CCC3)c21. The summed E-state index contributed by atoms with van der Waals surface area (Å²) >= 11 is 0. The first-order chi connectivity index (χ1) is 13.7. The second kappa shape index (κ2) is 7.13. The van der Waals surface area contributed by atoms with E-state index < -0.39 is 0 Å². The van der Waals surface area contributed by atoms with E-state index in [1.165, 1.54) is 0 Å². The molecule has 0 radical (unpaired) electrons. The molecule has 0 unspecified atom stereocenters. The molecular formula is C21H24N4O3. The van der Waals surface area contributed by atoms with Gasteiger partial charge in [-0.15, -0.1) is 0 Å². The first-order valence-electron chi connectivity index (χ1n) is 10.2. The molecule has 2 aliphatic carbocycles. The van der Waals surface area contributed by atoms with Crippen molar-refractivity contribution in [2.75, 3.05) is 31.2 Å². The molecule has 1 N–H and O–H groups in total. The van der Waals surface area contributed by atoms with Gasteiger partial charge in [0.1, 0.15) is 0 Å². The Kier molecular flexibility index (Phi) is 4.47. The lowest BCUT2D eigenvalue weighted by molar-refractivity contribution is 0.0970. The molecule has 1 fully saturated rings. The third-order valence-corrected chi connectivity index (χ3v) is 6.04. The van der Waals surface area contributed by atoms with Gasteiger partial charge in [-0.25, -0.2) is 4.98 Å². The smallest absolute Gasteiger partial charge is 0.262 e. The molecule has 2 aromatic rings. The first kappa shape index (κ1) is 17.6. The number of pyridine rings is 1. The number of hydrogen-bond acceptors (Lipinski definition) is 6. The zero-order valence-corrected chi connectivity index (χ0v) is 15.9. The van der Waals surface area contributed by atoms with E-state index in [9.17, 15) is 9.59 Å². The monoisotopic (exact) mass is 380 g/mol. The van der Waals surface area contributed by atoms with Crippen LogP contribution in [0, 0.1) is 0 Å². The number of carbonyl (C=O) groups excluding carboxylic acids is 1. The molecule has 0 spiro atoms. The number of hydrogen-bond donors (Lipinski definition) is 1. The second-order valence-corrected chi connectivity index (χ2v) is 7.79. The van der Waals surface area contributed by atoms with Gasteiger partial charge in [0.25, 0.3) is 5.56 Å². The molecule has 1 saturated heterocycles. The van der Waals surface area contributed by atoms with Crippen molar-refractivity contribution in [3.05, 3.63) is 39.3 Å². The average Bonchev–Trinajstić information content (AvgIpc) is 2.73. The van der Waals surface area contributed by atoms with Crippen molar-refractivity contribution in [2.45, 2.75) is 44.4 Å². The predicted molar refractivity (Wildman–Crippen MR) is 106 cm³/mol. The van der Waals surface area contributed by atoms with Gasteiger partial charge in [-0.05, 0) is 43.6 Å². The van der Waals surface area contributed by atoms with E-state index in [2.05, 4.69) is 17.1 Å². The lowest BCUT2D eigenvalue weighted by Gasteiger charge is -2.28. The van der Waals surface area contributed by atoms with Crippen molar-refractivity contribution in [3.63, 3.8) is 0 Å². The van der Waals surface area contributed by atoms with Gasteiger partial charge in [0.15, 0.2) is 11.4 Å². The number of nitrogens with one attached hydrogen (secondary N) is 1. The summed E-state index contributed by atoms with van der Waals surface area (Å²) in [5, 5.41) is 0.506. The van der Waals surface area contributed by atoms with Crippen LogP contribution in [0.4, 0.5) is 5.95 Å². The van der Waals surface area contributed by atoms with Crippen LogP contribution < -0.4 is 10.5 Å². The fourth-order valence-electron chi connectivity index (χ4n) is 4.66. The van der Waals surface area contributed by atoms with Crippen molar-refractivity contribution in [3.8, 4) is 0 Å². The van der Waals surface area contributed by atoms with Crippen molar-refractivity contribution < 1.29 is 9.53 Å². The quantitative estimate of drug-likeness (QED) is 0.806. The van der Waals surface area contributed by atoms with Crippen molar-refractivity contribution in [2.24, 2.45) is 0 Å². The fourth-order valence-corrected chi connectivity index (χ4v) is 4.66. The molecule has 1 atom stereocenters. The third-order valence-electron chi connectivity index (χ3n) is 6.04. The number of aromatic amines is 1. The number of ketones is 1. The number of allylic oxidation sites excluding steroid dienone is 2. The van der Waals surface area contributed by atoms with Crippen molar-refractivity contribution in [1.82, 2.24) is 15.0 Å². The van der Waals surface area contributed by atoms with Crippen LogP contribution in [0.15, 0.2) is 16.9 Å². The molecular weight excluding hydrogens is 356 g/mol. The van der Waals surface area contributed by atoms with Crippen molar-refractivity contribution in [1.29, 1.82) is 0 Å². The maximum absolute atomic E-state index is 13.2. The number of aryl methyl sites for hydroxylation is 1. The van der Waals surface area contributed by atoms with Gasteiger partial charge in [-0.3, -0.25) is 14.6 Å². The van der Waals surface area contributed by atoms with E-state index in [1.807, 2.05) is 4.90 Å². The standard InChI is InChI=1S/C21H24N4O3/c26-15-8-4-7-14-17(15)16(13-5-2-1-3-6-13)18-19(22-14)23-21(24-20(18)27)25-9-11-28-12-10-25/h1-2,13H,3-12H2,(H,22,23,24,27)/t13-/m1/s1. The van der Waals surface area contributed by atoms with Crippen LogP contribution >= 0.6 is 0 Å². The minimum absolute atomic E-state index is 0.122. The van der Waals surface area contributed by atoms with E-state index in [1.54, 1.807) is 0 Å². The number of ether oxygens (including phenoxy) is 1. The van der Waals surface area contributed by atoms with Gasteiger partial charge in [0.05, 0.1) is 24.3 Å². The van der Waals surface area contributed by atoms with E-state index in [-0.39, 0.29) is 17.3 Å². The molecule has 2 aromatic heterocycles. The van der Waals surface area contributed by atoms with Crippen molar-refractivity contribution >= 4 is 22.8 Å². The number of anilines is 1. The summed E-state index contributed by atoms with van der Waals surface area (Å²) in [7, 11) is 0. The zero-order valence-electron chi connectivity index (χ0n) is 15.9. The molecule has 1 aliphatic heterocycles. The first-order valence-corrected chi connectivity index (χ1v) is 10.2. The molecule has 28 heavy (non-hydrogen) atoms. The Labute approximate surface area is 162 Å². The maximum Gasteiger partial charge on any atom is 0.262 e. The van der Waals surface area contributed by atoms with Crippen LogP contribution in [-0.4, -0.2) is 47.0 Å². The summed E-state index contributed by atoms with van der Waals surface area (Å²) in [5.74, 6) is 0.838. The number of rotatable bonds is 2. The van der Waals surface area contributed by atoms with E-state index in [0.29, 0.717) is 55.3 Å². The Morgan fingerprint density at radius 3 is 2.75 bits per heavy atom. The number of Topliss-reactive ketones (excluding diaryl/α,β-unsaturated/α-hetero) is 1. The minimum atomic E-state index is -0.190. The lowest BCUT2D eigenvalue weighted by atomic mass is 9.79. The fraction of sp³-hybridized carbons (Fsp3) is 0.524. The molecule has 3 heterocycles. The molecule has 7 heteroatoms. The Balaban J connectivity index is 1.74. The number of aromatic nitrogens is 3. The van der Waals surface area contributed by atoms with E-state index >= 15 is 0 Å². The lowest BCUT2D eigenvalue weighted by Crippen LogP contribution is -2.38. The molecule has 5 rings (SSSR count). The van der Waals surface area contributed by atoms with Crippen LogP contribution in [0.25, 0.3) is 11.0 Å². The van der Waals surface area contributed by atoms with E-state index in [0.717, 1.165) is 43.4 Å². The molecule has 7 nitrogen and oxygen atoms in total. The number of fused-ring (bicyclic) bond motifs is 2. The summed E-state index contributed by atoms with van der Waals surface area (Å²) in [6.07, 6.45) is 9.21. The predicted octanol–water partition coefficient (Wildman–Crippen LogP) is 2.50. The van der Waals surface area contributed by atoms with Crippen LogP contribution in [0.3, 0.4) is 0 Å². The van der Waals surface area contributed by atoms with Gasteiger partial charge in [0, 0.05) is 25.1 Å². The summed E-state index contributed by atoms with van der Waals surface area (Å²) in [5.41, 5.74) is 2.69. The molecule has 146 valence electrons. The van der Waals surface area contributed by atoms with Gasteiger partial charge in [-0.1, -0.05) is 12.2 Å². The summed E-state index contributed by atoms with van der Waals surface area (Å²) in [4.78, 5) is 40.4. The van der Waals surface area contributed by atoms with Crippen LogP contribution in [0.5, 0.6) is 0 Å². The average molecular weight is 380 g/mol. The molecule has 0 aromatic carbocycles. The molecule has 0 amide bonds. The number of carbonyl (C=O) groups is 1. The molecule has 0 saturated carbocycles. The van der Waals surface area contributed by atoms with Crippen LogP contribution in [0.1, 0.15) is 59.6 Å². The number of morpholine rings is 1. The normalized spacial score (nSPS) is 22.5. The highest BCUT2D eigenvalue weighted by molar-refractivity contribution is 6.03. The summed E-state index contributed by atoms with van der Waals surface area (Å²) < 4.78 is 5.40. The Morgan fingerprint density at radius 2 is 1.96 bits per heavy atom. The third kappa shape index (κ3) is 2.94. The second-order valence-electron chi connectivity index (χ2n) is 7.79. The Morgan fingerprint density at radius 1 is 1.11 bits per heavy atom. The molecule has 0 bridgehead atoms.